The minimum Gasteiger partial charge on any atom is -0.492 e. The number of piperazine rings is 1. The van der Waals surface area contributed by atoms with Gasteiger partial charge in [-0.3, -0.25) is 0 Å². The van der Waals surface area contributed by atoms with Crippen molar-refractivity contribution in [2.45, 2.75) is 32.7 Å². The molecular formula is C23H29N3O2. The minimum atomic E-state index is 0.0261. The monoisotopic (exact) mass is 379 g/mol. The van der Waals surface area contributed by atoms with Gasteiger partial charge in [-0.05, 0) is 55.0 Å². The number of carbonyl (C=O) groups excluding carboxylic acids is 1. The molecule has 2 amide bonds. The predicted molar refractivity (Wildman–Crippen MR) is 112 cm³/mol. The first-order valence-corrected chi connectivity index (χ1v) is 10.3. The maximum absolute atomic E-state index is 12.6. The molecule has 4 rings (SSSR count). The van der Waals surface area contributed by atoms with Crippen molar-refractivity contribution in [1.29, 1.82) is 0 Å². The van der Waals surface area contributed by atoms with E-state index >= 15 is 0 Å². The van der Waals surface area contributed by atoms with Gasteiger partial charge in [0.25, 0.3) is 0 Å². The number of hydrogen-bond donors (Lipinski definition) is 1. The lowest BCUT2D eigenvalue weighted by molar-refractivity contribution is 0.194. The fraction of sp³-hybridized carbons (Fsp3) is 0.435. The molecule has 2 aromatic carbocycles. The third-order valence-electron chi connectivity index (χ3n) is 5.68. The number of rotatable bonds is 5. The van der Waals surface area contributed by atoms with Crippen molar-refractivity contribution in [2.24, 2.45) is 0 Å². The first kappa shape index (κ1) is 18.7. The predicted octanol–water partition coefficient (Wildman–Crippen LogP) is 3.61. The van der Waals surface area contributed by atoms with Crippen molar-refractivity contribution in [1.82, 2.24) is 10.2 Å². The molecule has 0 aromatic heterocycles. The Morgan fingerprint density at radius 3 is 2.64 bits per heavy atom. The number of hydrogen-bond acceptors (Lipinski definition) is 3. The highest BCUT2D eigenvalue weighted by atomic mass is 16.5. The standard InChI is InChI=1S/C23H29N3O2/c1-2-28-22-9-4-3-8-21(22)25-12-14-26(15-13-25)23(27)24-17-18-10-11-19-6-5-7-20(19)16-18/h3-4,8-11,16H,2,5-7,12-15,17H2,1H3,(H,24,27). The van der Waals surface area contributed by atoms with Gasteiger partial charge in [-0.15, -0.1) is 0 Å². The van der Waals surface area contributed by atoms with Crippen molar-refractivity contribution in [3.05, 3.63) is 59.2 Å². The van der Waals surface area contributed by atoms with Crippen LogP contribution in [0.4, 0.5) is 10.5 Å². The van der Waals surface area contributed by atoms with E-state index in [2.05, 4.69) is 34.5 Å². The van der Waals surface area contributed by atoms with Gasteiger partial charge in [0.15, 0.2) is 0 Å². The van der Waals surface area contributed by atoms with Crippen LogP contribution < -0.4 is 15.0 Å². The van der Waals surface area contributed by atoms with Crippen LogP contribution in [0.3, 0.4) is 0 Å². The van der Waals surface area contributed by atoms with Gasteiger partial charge in [0.2, 0.25) is 0 Å². The molecular weight excluding hydrogens is 350 g/mol. The number of para-hydroxylation sites is 2. The highest BCUT2D eigenvalue weighted by Crippen LogP contribution is 2.29. The van der Waals surface area contributed by atoms with E-state index in [4.69, 9.17) is 4.74 Å². The maximum Gasteiger partial charge on any atom is 0.317 e. The van der Waals surface area contributed by atoms with Crippen molar-refractivity contribution >= 4 is 11.7 Å². The normalized spacial score (nSPS) is 16.0. The van der Waals surface area contributed by atoms with E-state index < -0.39 is 0 Å². The average molecular weight is 380 g/mol. The van der Waals surface area contributed by atoms with Gasteiger partial charge in [-0.1, -0.05) is 30.3 Å². The second-order valence-electron chi connectivity index (χ2n) is 7.49. The summed E-state index contributed by atoms with van der Waals surface area (Å²) in [5.74, 6) is 0.916. The largest absolute Gasteiger partial charge is 0.492 e. The summed E-state index contributed by atoms with van der Waals surface area (Å²) in [5, 5.41) is 3.09. The molecule has 148 valence electrons. The van der Waals surface area contributed by atoms with Crippen LogP contribution in [0.2, 0.25) is 0 Å². The lowest BCUT2D eigenvalue weighted by atomic mass is 10.1. The molecule has 1 saturated heterocycles. The molecule has 0 atom stereocenters. The number of nitrogens with one attached hydrogen (secondary N) is 1. The lowest BCUT2D eigenvalue weighted by Gasteiger charge is -2.36. The third kappa shape index (κ3) is 4.08. The summed E-state index contributed by atoms with van der Waals surface area (Å²) in [5.41, 5.74) is 5.23. The van der Waals surface area contributed by atoms with Crippen LogP contribution in [-0.4, -0.2) is 43.7 Å². The Balaban J connectivity index is 1.29. The number of urea groups is 1. The van der Waals surface area contributed by atoms with Crippen LogP contribution in [0.25, 0.3) is 0 Å². The molecule has 2 aromatic rings. The first-order valence-electron chi connectivity index (χ1n) is 10.3. The van der Waals surface area contributed by atoms with E-state index in [0.717, 1.165) is 37.6 Å². The van der Waals surface area contributed by atoms with E-state index in [1.165, 1.54) is 36.0 Å². The van der Waals surface area contributed by atoms with Crippen LogP contribution in [-0.2, 0) is 19.4 Å². The minimum absolute atomic E-state index is 0.0261. The number of amides is 2. The first-order chi connectivity index (χ1) is 13.7. The summed E-state index contributed by atoms with van der Waals surface area (Å²) in [4.78, 5) is 16.8. The van der Waals surface area contributed by atoms with Crippen molar-refractivity contribution in [3.8, 4) is 5.75 Å². The van der Waals surface area contributed by atoms with Gasteiger partial charge in [-0.2, -0.15) is 0 Å². The van der Waals surface area contributed by atoms with E-state index in [1.54, 1.807) is 0 Å². The number of nitrogens with zero attached hydrogens (tertiary/aromatic N) is 2. The topological polar surface area (TPSA) is 44.8 Å². The van der Waals surface area contributed by atoms with Crippen molar-refractivity contribution < 1.29 is 9.53 Å². The Hall–Kier alpha value is -2.69. The van der Waals surface area contributed by atoms with Gasteiger partial charge < -0.3 is 19.9 Å². The molecule has 1 N–H and O–H groups in total. The smallest absolute Gasteiger partial charge is 0.317 e. The molecule has 1 heterocycles. The van der Waals surface area contributed by atoms with E-state index in [0.29, 0.717) is 13.2 Å². The Morgan fingerprint density at radius 1 is 1.04 bits per heavy atom. The molecule has 28 heavy (non-hydrogen) atoms. The number of anilines is 1. The summed E-state index contributed by atoms with van der Waals surface area (Å²) >= 11 is 0. The molecule has 2 aliphatic rings. The summed E-state index contributed by atoms with van der Waals surface area (Å²) in [6, 6.07) is 14.8. The highest BCUT2D eigenvalue weighted by Gasteiger charge is 2.23. The third-order valence-corrected chi connectivity index (χ3v) is 5.68. The molecule has 0 radical (unpaired) electrons. The molecule has 0 spiro atoms. The van der Waals surface area contributed by atoms with Crippen LogP contribution in [0.5, 0.6) is 5.75 Å². The van der Waals surface area contributed by atoms with Crippen LogP contribution in [0, 0.1) is 0 Å². The fourth-order valence-corrected chi connectivity index (χ4v) is 4.17. The zero-order valence-electron chi connectivity index (χ0n) is 16.6. The summed E-state index contributed by atoms with van der Waals surface area (Å²) in [7, 11) is 0. The summed E-state index contributed by atoms with van der Waals surface area (Å²) in [6.07, 6.45) is 3.61. The maximum atomic E-state index is 12.6. The Labute approximate surface area is 167 Å². The van der Waals surface area contributed by atoms with Crippen LogP contribution in [0.15, 0.2) is 42.5 Å². The molecule has 1 aliphatic heterocycles. The van der Waals surface area contributed by atoms with E-state index in [9.17, 15) is 4.79 Å². The Bertz CT molecular complexity index is 828. The second-order valence-corrected chi connectivity index (χ2v) is 7.49. The summed E-state index contributed by atoms with van der Waals surface area (Å²) in [6.45, 7) is 6.32. The highest BCUT2D eigenvalue weighted by molar-refractivity contribution is 5.74. The van der Waals surface area contributed by atoms with Gasteiger partial charge >= 0.3 is 6.03 Å². The van der Waals surface area contributed by atoms with Crippen LogP contribution >= 0.6 is 0 Å². The van der Waals surface area contributed by atoms with Crippen molar-refractivity contribution in [3.63, 3.8) is 0 Å². The molecule has 5 nitrogen and oxygen atoms in total. The van der Waals surface area contributed by atoms with Gasteiger partial charge in [0, 0.05) is 32.7 Å². The number of carbonyl (C=O) groups is 1. The Morgan fingerprint density at radius 2 is 1.82 bits per heavy atom. The number of ether oxygens (including phenoxy) is 1. The number of aryl methyl sites for hydroxylation is 2. The molecule has 0 bridgehead atoms. The zero-order chi connectivity index (χ0) is 19.3. The second kappa shape index (κ2) is 8.55. The fourth-order valence-electron chi connectivity index (χ4n) is 4.17. The molecule has 1 fully saturated rings. The lowest BCUT2D eigenvalue weighted by Crippen LogP contribution is -2.51. The van der Waals surface area contributed by atoms with Gasteiger partial charge in [0.05, 0.1) is 12.3 Å². The quantitative estimate of drug-likeness (QED) is 0.863. The van der Waals surface area contributed by atoms with Crippen LogP contribution in [0.1, 0.15) is 30.0 Å². The molecule has 5 heteroatoms. The molecule has 1 aliphatic carbocycles. The average Bonchev–Trinajstić information content (AvgIpc) is 3.21. The van der Waals surface area contributed by atoms with E-state index in [1.807, 2.05) is 30.0 Å². The Kier molecular flexibility index (Phi) is 5.70. The molecule has 0 saturated carbocycles. The molecule has 0 unspecified atom stereocenters. The summed E-state index contributed by atoms with van der Waals surface area (Å²) < 4.78 is 5.75. The van der Waals surface area contributed by atoms with Gasteiger partial charge in [0.1, 0.15) is 5.75 Å². The number of benzene rings is 2. The zero-order valence-corrected chi connectivity index (χ0v) is 16.6. The van der Waals surface area contributed by atoms with Gasteiger partial charge in [-0.25, -0.2) is 4.79 Å². The van der Waals surface area contributed by atoms with Crippen molar-refractivity contribution in [2.75, 3.05) is 37.7 Å². The van der Waals surface area contributed by atoms with E-state index in [-0.39, 0.29) is 6.03 Å². The number of fused-ring (bicyclic) bond motifs is 1. The SMILES string of the molecule is CCOc1ccccc1N1CCN(C(=O)NCc2ccc3c(c2)CCC3)CC1.